The van der Waals surface area contributed by atoms with E-state index in [2.05, 4.69) is 85.6 Å². The number of carbonyl (C=O) groups excluding carboxylic acids is 1. The summed E-state index contributed by atoms with van der Waals surface area (Å²) < 4.78 is 0. The molecular weight excluding hydrogens is 382 g/mol. The zero-order chi connectivity index (χ0) is 21.6. The average molecular weight is 416 g/mol. The molecule has 1 aliphatic carbocycles. The third-order valence-electron chi connectivity index (χ3n) is 7.91. The van der Waals surface area contributed by atoms with E-state index in [1.165, 1.54) is 11.1 Å². The molecule has 1 amide bonds. The topological polar surface area (TPSA) is 58.7 Å². The van der Waals surface area contributed by atoms with E-state index in [9.17, 15) is 4.79 Å². The molecule has 31 heavy (non-hydrogen) atoms. The first kappa shape index (κ1) is 20.4. The van der Waals surface area contributed by atoms with Gasteiger partial charge in [-0.25, -0.2) is 0 Å². The number of aliphatic imine (C=N–C) groups is 1. The van der Waals surface area contributed by atoms with Crippen molar-refractivity contribution in [1.29, 1.82) is 0 Å². The molecule has 4 atom stereocenters. The van der Waals surface area contributed by atoms with Crippen molar-refractivity contribution < 1.29 is 4.79 Å². The van der Waals surface area contributed by atoms with E-state index in [1.54, 1.807) is 0 Å². The van der Waals surface area contributed by atoms with Crippen molar-refractivity contribution in [2.24, 2.45) is 28.5 Å². The van der Waals surface area contributed by atoms with Crippen LogP contribution in [0.3, 0.4) is 0 Å². The zero-order valence-corrected chi connectivity index (χ0v) is 18.6. The van der Waals surface area contributed by atoms with Gasteiger partial charge in [-0.3, -0.25) is 14.7 Å². The molecule has 4 aliphatic rings. The van der Waals surface area contributed by atoms with Crippen LogP contribution in [0, 0.1) is 17.8 Å². The Hall–Kier alpha value is -2.46. The highest BCUT2D eigenvalue weighted by atomic mass is 16.1. The van der Waals surface area contributed by atoms with Crippen LogP contribution in [-0.2, 0) is 17.6 Å². The Morgan fingerprint density at radius 1 is 1.06 bits per heavy atom. The quantitative estimate of drug-likeness (QED) is 0.746. The van der Waals surface area contributed by atoms with Crippen LogP contribution < -0.4 is 5.73 Å². The van der Waals surface area contributed by atoms with Gasteiger partial charge in [-0.15, -0.1) is 0 Å². The summed E-state index contributed by atoms with van der Waals surface area (Å²) in [6.45, 7) is 5.37. The Morgan fingerprint density at radius 3 is 2.13 bits per heavy atom. The van der Waals surface area contributed by atoms with Crippen LogP contribution in [0.25, 0.3) is 0 Å². The predicted molar refractivity (Wildman–Crippen MR) is 125 cm³/mol. The lowest BCUT2D eigenvalue weighted by Gasteiger charge is -2.48. The molecule has 0 radical (unpaired) electrons. The van der Waals surface area contributed by atoms with Crippen LogP contribution in [0.15, 0.2) is 65.7 Å². The molecular formula is C27H33N3O. The van der Waals surface area contributed by atoms with Gasteiger partial charge in [0, 0.05) is 24.2 Å². The molecule has 1 saturated carbocycles. The number of amides is 1. The summed E-state index contributed by atoms with van der Waals surface area (Å²) >= 11 is 0. The van der Waals surface area contributed by atoms with Crippen molar-refractivity contribution in [3.05, 3.63) is 71.8 Å². The first-order valence-electron chi connectivity index (χ1n) is 11.6. The fourth-order valence-corrected chi connectivity index (χ4v) is 6.87. The van der Waals surface area contributed by atoms with Crippen molar-refractivity contribution in [2.75, 3.05) is 6.54 Å². The molecule has 162 valence electrons. The first-order valence-corrected chi connectivity index (χ1v) is 11.6. The van der Waals surface area contributed by atoms with Crippen molar-refractivity contribution in [3.63, 3.8) is 0 Å². The normalized spacial score (nSPS) is 30.7. The monoisotopic (exact) mass is 415 g/mol. The minimum absolute atomic E-state index is 0.0983. The first-order chi connectivity index (χ1) is 15.0. The van der Waals surface area contributed by atoms with Gasteiger partial charge in [-0.2, -0.15) is 0 Å². The van der Waals surface area contributed by atoms with Gasteiger partial charge < -0.3 is 5.73 Å². The van der Waals surface area contributed by atoms with E-state index in [4.69, 9.17) is 10.7 Å². The van der Waals surface area contributed by atoms with Crippen molar-refractivity contribution in [2.45, 2.75) is 56.7 Å². The van der Waals surface area contributed by atoms with Crippen LogP contribution in [0.5, 0.6) is 0 Å². The molecule has 3 aliphatic heterocycles. The second-order valence-electron chi connectivity index (χ2n) is 10.2. The van der Waals surface area contributed by atoms with Crippen LogP contribution in [0.2, 0.25) is 0 Å². The summed E-state index contributed by atoms with van der Waals surface area (Å²) in [5.74, 6) is 0.746. The van der Waals surface area contributed by atoms with Gasteiger partial charge in [0.15, 0.2) is 0 Å². The smallest absolute Gasteiger partial charge is 0.238 e. The van der Waals surface area contributed by atoms with E-state index in [0.717, 1.165) is 32.2 Å². The third kappa shape index (κ3) is 3.15. The maximum absolute atomic E-state index is 13.2. The van der Waals surface area contributed by atoms with Crippen LogP contribution in [0.1, 0.15) is 37.8 Å². The maximum atomic E-state index is 13.2. The molecule has 4 heteroatoms. The highest BCUT2D eigenvalue weighted by Crippen LogP contribution is 2.60. The number of primary amides is 1. The molecule has 4 unspecified atom stereocenters. The second-order valence-corrected chi connectivity index (χ2v) is 10.2. The van der Waals surface area contributed by atoms with Gasteiger partial charge in [0.2, 0.25) is 5.91 Å². The number of carbonyl (C=O) groups is 1. The molecule has 0 aromatic heterocycles. The van der Waals surface area contributed by atoms with Crippen LogP contribution >= 0.6 is 0 Å². The summed E-state index contributed by atoms with van der Waals surface area (Å²) in [4.78, 5) is 20.6. The number of hydrogen-bond acceptors (Lipinski definition) is 3. The number of benzene rings is 2. The lowest BCUT2D eigenvalue weighted by Crippen LogP contribution is -2.65. The molecule has 4 bridgehead atoms. The molecule has 0 spiro atoms. The Labute approximate surface area is 185 Å². The number of rotatable bonds is 7. The van der Waals surface area contributed by atoms with E-state index < -0.39 is 5.54 Å². The summed E-state index contributed by atoms with van der Waals surface area (Å²) in [6, 6.07) is 21.7. The minimum atomic E-state index is -0.622. The van der Waals surface area contributed by atoms with Gasteiger partial charge in [-0.05, 0) is 48.6 Å². The predicted octanol–water partition coefficient (Wildman–Crippen LogP) is 3.89. The van der Waals surface area contributed by atoms with E-state index in [-0.39, 0.29) is 23.4 Å². The molecule has 2 fully saturated rings. The van der Waals surface area contributed by atoms with Gasteiger partial charge in [0.25, 0.3) is 0 Å². The van der Waals surface area contributed by atoms with Crippen molar-refractivity contribution >= 4 is 12.1 Å². The Balaban J connectivity index is 1.70. The van der Waals surface area contributed by atoms with Gasteiger partial charge in [-0.1, -0.05) is 74.5 Å². The Bertz CT molecular complexity index is 929. The third-order valence-corrected chi connectivity index (χ3v) is 7.91. The second kappa shape index (κ2) is 7.59. The number of nitrogens with zero attached hydrogens (tertiary/aromatic N) is 2. The standard InChI is InChI=1S/C27H33N3O/c1-19(2)18-30-26(14-20-9-5-3-6-10-20,15-21-11-7-4-8-12-21)23-13-22-16-27(30,25(28)31)24(23)17-29-22/h3-12,17,19,22-24H,13-16,18H2,1-2H3,(H2,28,31). The van der Waals surface area contributed by atoms with Crippen molar-refractivity contribution in [1.82, 2.24) is 4.90 Å². The van der Waals surface area contributed by atoms with E-state index in [0.29, 0.717) is 11.8 Å². The van der Waals surface area contributed by atoms with Crippen molar-refractivity contribution in [3.8, 4) is 0 Å². The molecule has 2 N–H and O–H groups in total. The Kier molecular flexibility index (Phi) is 5.01. The van der Waals surface area contributed by atoms with Crippen LogP contribution in [0.4, 0.5) is 0 Å². The molecule has 4 nitrogen and oxygen atoms in total. The average Bonchev–Trinajstić information content (AvgIpc) is 2.92. The molecule has 1 saturated heterocycles. The van der Waals surface area contributed by atoms with Gasteiger partial charge in [0.05, 0.1) is 6.04 Å². The Morgan fingerprint density at radius 2 is 1.65 bits per heavy atom. The van der Waals surface area contributed by atoms with E-state index >= 15 is 0 Å². The number of likely N-dealkylation sites (tertiary alicyclic amines) is 1. The lowest BCUT2D eigenvalue weighted by molar-refractivity contribution is -0.134. The fraction of sp³-hybridized carbons (Fsp3) is 0.481. The summed E-state index contributed by atoms with van der Waals surface area (Å²) in [5.41, 5.74) is 8.13. The SMILES string of the molecule is CC(C)CN1C(Cc2ccccc2)(Cc2ccccc2)C2CC3CC1(C(N)=O)C2C=N3. The largest absolute Gasteiger partial charge is 0.368 e. The van der Waals surface area contributed by atoms with Crippen LogP contribution in [-0.4, -0.2) is 40.7 Å². The zero-order valence-electron chi connectivity index (χ0n) is 18.6. The number of nitrogens with two attached hydrogens (primary N) is 1. The highest BCUT2D eigenvalue weighted by Gasteiger charge is 2.71. The van der Waals surface area contributed by atoms with Gasteiger partial charge in [0.1, 0.15) is 5.54 Å². The molecule has 2 aromatic carbocycles. The fourth-order valence-electron chi connectivity index (χ4n) is 6.87. The molecule has 3 heterocycles. The lowest BCUT2D eigenvalue weighted by atomic mass is 9.62. The highest BCUT2D eigenvalue weighted by molar-refractivity contribution is 5.92. The summed E-state index contributed by atoms with van der Waals surface area (Å²) in [6.07, 6.45) is 5.75. The molecule has 6 rings (SSSR count). The van der Waals surface area contributed by atoms with Gasteiger partial charge >= 0.3 is 0 Å². The number of hydrogen-bond donors (Lipinski definition) is 1. The van der Waals surface area contributed by atoms with E-state index in [1.807, 2.05) is 0 Å². The maximum Gasteiger partial charge on any atom is 0.238 e. The summed E-state index contributed by atoms with van der Waals surface area (Å²) in [7, 11) is 0. The molecule has 2 aromatic rings. The summed E-state index contributed by atoms with van der Waals surface area (Å²) in [5, 5.41) is 0. The minimum Gasteiger partial charge on any atom is -0.368 e.